The molecule has 0 spiro atoms. The number of aryl methyl sites for hydroxylation is 2. The number of fused-ring (bicyclic) bond motifs is 2. The van der Waals surface area contributed by atoms with E-state index in [0.29, 0.717) is 55.3 Å². The number of rotatable bonds is 20. The van der Waals surface area contributed by atoms with Gasteiger partial charge in [-0.15, -0.1) is 0 Å². The zero-order valence-corrected chi connectivity index (χ0v) is 47.4. The second kappa shape index (κ2) is 25.6. The van der Waals surface area contributed by atoms with Crippen molar-refractivity contribution in [2.45, 2.75) is 53.0 Å². The van der Waals surface area contributed by atoms with E-state index in [2.05, 4.69) is 19.9 Å². The van der Waals surface area contributed by atoms with Gasteiger partial charge in [-0.1, -0.05) is 59.6 Å². The summed E-state index contributed by atoms with van der Waals surface area (Å²) < 4.78 is 92.5. The molecule has 0 radical (unpaired) electrons. The van der Waals surface area contributed by atoms with Gasteiger partial charge in [0.2, 0.25) is 11.8 Å². The number of benzene rings is 6. The summed E-state index contributed by atoms with van der Waals surface area (Å²) in [5.41, 5.74) is 5.84. The first-order chi connectivity index (χ1) is 41.0. The van der Waals surface area contributed by atoms with Crippen LogP contribution in [0.1, 0.15) is 76.9 Å². The van der Waals surface area contributed by atoms with Gasteiger partial charge in [-0.2, -0.15) is 10.5 Å². The highest BCUT2D eigenvalue weighted by molar-refractivity contribution is 6.32. The first kappa shape index (κ1) is 58.7. The van der Waals surface area contributed by atoms with Gasteiger partial charge in [-0.25, -0.2) is 47.1 Å². The van der Waals surface area contributed by atoms with E-state index in [4.69, 9.17) is 57.4 Å². The van der Waals surface area contributed by atoms with Crippen molar-refractivity contribution in [1.29, 1.82) is 10.5 Å². The minimum absolute atomic E-state index is 0.0644. The van der Waals surface area contributed by atoms with E-state index in [1.54, 1.807) is 57.7 Å². The third-order valence-corrected chi connectivity index (χ3v) is 14.8. The van der Waals surface area contributed by atoms with Gasteiger partial charge in [0.05, 0.1) is 70.0 Å². The first-order valence-corrected chi connectivity index (χ1v) is 27.1. The number of halogens is 6. The smallest absolute Gasteiger partial charge is 0.346 e. The summed E-state index contributed by atoms with van der Waals surface area (Å²) >= 11 is 13.9. The molecule has 0 saturated heterocycles. The second-order valence-corrected chi connectivity index (χ2v) is 20.5. The number of ether oxygens (including phenoxy) is 5. The Morgan fingerprint density at radius 1 is 0.529 bits per heavy atom. The van der Waals surface area contributed by atoms with Crippen LogP contribution in [0, 0.1) is 59.8 Å². The molecule has 10 rings (SSSR count). The zero-order valence-electron chi connectivity index (χ0n) is 45.9. The molecule has 4 heterocycles. The van der Waals surface area contributed by atoms with E-state index in [1.807, 2.05) is 38.1 Å². The van der Waals surface area contributed by atoms with Crippen LogP contribution >= 0.6 is 23.2 Å². The Bertz CT molecular complexity index is 4090. The maximum absolute atomic E-state index is 16.2. The molecule has 0 fully saturated rings. The molecule has 4 aromatic heterocycles. The molecule has 0 aliphatic carbocycles. The van der Waals surface area contributed by atoms with E-state index in [9.17, 15) is 18.4 Å². The number of carbonyl (C=O) groups is 2. The van der Waals surface area contributed by atoms with Crippen LogP contribution in [0.2, 0.25) is 10.0 Å². The van der Waals surface area contributed by atoms with Gasteiger partial charge in [0.25, 0.3) is 0 Å². The fourth-order valence-electron chi connectivity index (χ4n) is 9.74. The molecular formula is C64H48Cl2F4N8O7. The van der Waals surface area contributed by atoms with Crippen molar-refractivity contribution in [3.05, 3.63) is 222 Å². The topological polar surface area (TPSA) is 189 Å². The predicted octanol–water partition coefficient (Wildman–Crippen LogP) is 13.4. The van der Waals surface area contributed by atoms with Crippen LogP contribution < -0.4 is 9.47 Å². The quantitative estimate of drug-likeness (QED) is 0.0398. The van der Waals surface area contributed by atoms with Crippen molar-refractivity contribution in [3.8, 4) is 46.4 Å². The van der Waals surface area contributed by atoms with Gasteiger partial charge in [-0.05, 0) is 109 Å². The number of nitriles is 2. The Balaban J connectivity index is 0.860. The first-order valence-electron chi connectivity index (χ1n) is 26.3. The highest BCUT2D eigenvalue weighted by Crippen LogP contribution is 2.35. The number of carbonyl (C=O) groups excluding carboxylic acids is 2. The molecule has 0 N–H and O–H groups in total. The van der Waals surface area contributed by atoms with Gasteiger partial charge in [0.1, 0.15) is 47.5 Å². The van der Waals surface area contributed by atoms with Crippen LogP contribution in [0.5, 0.6) is 11.8 Å². The van der Waals surface area contributed by atoms with E-state index in [0.717, 1.165) is 35.4 Å². The number of pyridine rings is 2. The Morgan fingerprint density at radius 3 is 1.34 bits per heavy atom. The normalized spacial score (nSPS) is 11.2. The Morgan fingerprint density at radius 2 is 0.953 bits per heavy atom. The number of hydrogen-bond acceptors (Lipinski definition) is 13. The number of methoxy groups -OCH3 is 2. The molecule has 15 nitrogen and oxygen atoms in total. The summed E-state index contributed by atoms with van der Waals surface area (Å²) in [4.78, 5) is 46.1. The van der Waals surface area contributed by atoms with Crippen LogP contribution in [0.25, 0.3) is 44.6 Å². The Hall–Kier alpha value is -9.50. The van der Waals surface area contributed by atoms with Crippen LogP contribution in [-0.4, -0.2) is 68.4 Å². The average molecular weight is 1190 g/mol. The predicted molar refractivity (Wildman–Crippen MR) is 308 cm³/mol. The van der Waals surface area contributed by atoms with Crippen molar-refractivity contribution >= 4 is 57.2 Å². The Labute approximate surface area is 494 Å². The SMILES string of the molecule is COCCn1c(Cc2cc(C)c(-c3cccc(OCc4ccc(C#N)cc4F)n3)cc2Cl)nc2c(F)cc(C(=O)OC(=O)c3cc(F)c4nc(Cc5cc(C)c(-c6cccc(OCc7ccc(C#N)cc7F)n6)cc5Cl)n(CCOC)c4c3)cc21. The number of imidazole rings is 2. The molecular weight excluding hydrogens is 1140 g/mol. The monoisotopic (exact) mass is 1190 g/mol. The molecule has 0 bridgehead atoms. The van der Waals surface area contributed by atoms with Crippen LogP contribution in [-0.2, 0) is 53.4 Å². The zero-order chi connectivity index (χ0) is 60.1. The summed E-state index contributed by atoms with van der Waals surface area (Å²) in [5.74, 6) is -4.07. The lowest BCUT2D eigenvalue weighted by Gasteiger charge is -2.14. The lowest BCUT2D eigenvalue weighted by molar-refractivity contribution is 0.0397. The molecule has 0 aliphatic rings. The number of esters is 2. The van der Waals surface area contributed by atoms with Gasteiger partial charge in [0.15, 0.2) is 11.6 Å². The van der Waals surface area contributed by atoms with Crippen LogP contribution in [0.15, 0.2) is 121 Å². The van der Waals surface area contributed by atoms with Gasteiger partial charge in [-0.3, -0.25) is 0 Å². The Kier molecular flexibility index (Phi) is 17.6. The minimum Gasteiger partial charge on any atom is -0.473 e. The third-order valence-electron chi connectivity index (χ3n) is 14.1. The largest absolute Gasteiger partial charge is 0.473 e. The summed E-state index contributed by atoms with van der Waals surface area (Å²) in [6.07, 6.45) is 0.245. The molecule has 10 aromatic rings. The molecule has 0 atom stereocenters. The number of nitrogens with zero attached hydrogens (tertiary/aromatic N) is 8. The molecule has 0 amide bonds. The van der Waals surface area contributed by atoms with Gasteiger partial charge >= 0.3 is 11.9 Å². The van der Waals surface area contributed by atoms with Crippen LogP contribution in [0.4, 0.5) is 17.6 Å². The summed E-state index contributed by atoms with van der Waals surface area (Å²) in [7, 11) is 3.00. The maximum Gasteiger partial charge on any atom is 0.346 e. The molecule has 21 heteroatoms. The van der Waals surface area contributed by atoms with Crippen molar-refractivity contribution in [3.63, 3.8) is 0 Å². The number of aromatic nitrogens is 6. The number of hydrogen-bond donors (Lipinski definition) is 0. The van der Waals surface area contributed by atoms with E-state index < -0.39 is 35.2 Å². The molecule has 6 aromatic carbocycles. The lowest BCUT2D eigenvalue weighted by Crippen LogP contribution is -2.14. The summed E-state index contributed by atoms with van der Waals surface area (Å²) in [6.45, 7) is 4.22. The highest BCUT2D eigenvalue weighted by Gasteiger charge is 2.25. The molecule has 85 heavy (non-hydrogen) atoms. The van der Waals surface area contributed by atoms with E-state index in [1.165, 1.54) is 50.6 Å². The third kappa shape index (κ3) is 12.9. The van der Waals surface area contributed by atoms with E-state index >= 15 is 8.78 Å². The summed E-state index contributed by atoms with van der Waals surface area (Å²) in [5, 5.41) is 18.9. The van der Waals surface area contributed by atoms with Gasteiger partial charge < -0.3 is 32.8 Å². The highest BCUT2D eigenvalue weighted by atomic mass is 35.5. The standard InChI is InChI=1S/C64H48Cl2F4N8O7/c1-35-19-41(47(65)29-45(35)53-7-5-9-59(73-53)83-33-39-13-11-37(31-71)21-49(39)67)27-57-75-61-51(69)23-43(25-55(61)77(57)15-17-81-3)63(79)85-64(80)44-24-52(70)62-56(26-44)78(16-18-82-4)58(76-62)28-42-20-36(2)46(30-48(42)66)54-8-6-10-60(74-54)84-34-40-14-12-38(32-72)22-50(40)68/h5-14,19-26,29-30H,15-18,27-28,33-34H2,1-4H3. The molecule has 0 saturated carbocycles. The summed E-state index contributed by atoms with van der Waals surface area (Å²) in [6, 6.07) is 34.1. The maximum atomic E-state index is 16.2. The fourth-order valence-corrected chi connectivity index (χ4v) is 10.2. The lowest BCUT2D eigenvalue weighted by atomic mass is 10.00. The molecule has 0 aliphatic heterocycles. The van der Waals surface area contributed by atoms with Crippen LogP contribution in [0.3, 0.4) is 0 Å². The fraction of sp³-hybridized carbons (Fsp3) is 0.188. The van der Waals surface area contributed by atoms with Crippen molar-refractivity contribution < 1.29 is 50.8 Å². The molecule has 428 valence electrons. The molecule has 0 unspecified atom stereocenters. The van der Waals surface area contributed by atoms with Gasteiger partial charge in [0, 0.05) is 84.6 Å². The van der Waals surface area contributed by atoms with Crippen molar-refractivity contribution in [1.82, 2.24) is 29.1 Å². The minimum atomic E-state index is -1.21. The second-order valence-electron chi connectivity index (χ2n) is 19.7. The van der Waals surface area contributed by atoms with Crippen molar-refractivity contribution in [2.24, 2.45) is 0 Å². The average Bonchev–Trinajstić information content (AvgIpc) is 2.14. The van der Waals surface area contributed by atoms with Crippen molar-refractivity contribution in [2.75, 3.05) is 27.4 Å². The van der Waals surface area contributed by atoms with E-state index in [-0.39, 0.29) is 120 Å².